The molecule has 0 aliphatic carbocycles. The van der Waals surface area contributed by atoms with Crippen LogP contribution in [0.3, 0.4) is 0 Å². The van der Waals surface area contributed by atoms with Gasteiger partial charge >= 0.3 is 0 Å². The van der Waals surface area contributed by atoms with E-state index >= 15 is 0 Å². The van der Waals surface area contributed by atoms with E-state index in [1.165, 1.54) is 18.1 Å². The predicted molar refractivity (Wildman–Crippen MR) is 72.6 cm³/mol. The molecule has 2 aromatic rings. The van der Waals surface area contributed by atoms with Crippen LogP contribution >= 0.6 is 34.4 Å². The molecule has 0 saturated carbocycles. The highest BCUT2D eigenvalue weighted by Gasteiger charge is 2.06. The lowest BCUT2D eigenvalue weighted by Gasteiger charge is -2.02. The molecule has 0 saturated heterocycles. The monoisotopic (exact) mass is 345 g/mol. The van der Waals surface area contributed by atoms with Gasteiger partial charge in [0.2, 0.25) is 0 Å². The molecule has 0 atom stereocenters. The van der Waals surface area contributed by atoms with Crippen LogP contribution in [0.25, 0.3) is 0 Å². The fourth-order valence-corrected chi connectivity index (χ4v) is 2.49. The highest BCUT2D eigenvalue weighted by molar-refractivity contribution is 14.1. The van der Waals surface area contributed by atoms with Crippen LogP contribution in [-0.2, 0) is 0 Å². The first-order chi connectivity index (χ1) is 7.66. The number of rotatable bonds is 2. The Morgan fingerprint density at radius 2 is 2.00 bits per heavy atom. The molecular weight excluding hydrogens is 337 g/mol. The van der Waals surface area contributed by atoms with Crippen LogP contribution in [0, 0.1) is 3.57 Å². The third kappa shape index (κ3) is 2.56. The van der Waals surface area contributed by atoms with Crippen molar-refractivity contribution in [3.05, 3.63) is 44.5 Å². The number of H-pyrrole nitrogens is 1. The molecule has 0 aliphatic rings. The molecule has 82 valence electrons. The maximum atomic E-state index is 11.3. The summed E-state index contributed by atoms with van der Waals surface area (Å²) in [6.45, 7) is 0. The fourth-order valence-electron chi connectivity index (χ4n) is 1.09. The van der Waals surface area contributed by atoms with Crippen molar-refractivity contribution in [2.24, 2.45) is 0 Å². The standard InChI is InChI=1S/C10H8IN3OS/c11-8-9(15)13-5-14-10(8)16-7-3-1-6(12)2-4-7/h1-5H,12H2,(H,13,14,15). The van der Waals surface area contributed by atoms with Crippen molar-refractivity contribution in [2.75, 3.05) is 5.73 Å². The average molecular weight is 345 g/mol. The van der Waals surface area contributed by atoms with E-state index in [1.807, 2.05) is 46.9 Å². The normalized spacial score (nSPS) is 10.3. The molecule has 3 N–H and O–H groups in total. The van der Waals surface area contributed by atoms with Crippen LogP contribution in [0.2, 0.25) is 0 Å². The highest BCUT2D eigenvalue weighted by atomic mass is 127. The Kier molecular flexibility index (Phi) is 3.49. The highest BCUT2D eigenvalue weighted by Crippen LogP contribution is 2.28. The molecule has 0 bridgehead atoms. The summed E-state index contributed by atoms with van der Waals surface area (Å²) < 4.78 is 0.599. The van der Waals surface area contributed by atoms with E-state index in [2.05, 4.69) is 9.97 Å². The van der Waals surface area contributed by atoms with Gasteiger partial charge in [-0.25, -0.2) is 4.98 Å². The maximum absolute atomic E-state index is 11.3. The largest absolute Gasteiger partial charge is 0.399 e. The Morgan fingerprint density at radius 1 is 1.31 bits per heavy atom. The van der Waals surface area contributed by atoms with Crippen LogP contribution < -0.4 is 11.3 Å². The van der Waals surface area contributed by atoms with Gasteiger partial charge in [0.1, 0.15) is 8.60 Å². The number of benzene rings is 1. The first kappa shape index (κ1) is 11.5. The van der Waals surface area contributed by atoms with Gasteiger partial charge in [0.25, 0.3) is 5.56 Å². The van der Waals surface area contributed by atoms with E-state index < -0.39 is 0 Å². The number of nitrogens with zero attached hydrogens (tertiary/aromatic N) is 1. The number of hydrogen-bond donors (Lipinski definition) is 2. The lowest BCUT2D eigenvalue weighted by Crippen LogP contribution is -2.10. The van der Waals surface area contributed by atoms with Gasteiger partial charge in [-0.3, -0.25) is 4.79 Å². The molecule has 16 heavy (non-hydrogen) atoms. The minimum Gasteiger partial charge on any atom is -0.399 e. The summed E-state index contributed by atoms with van der Waals surface area (Å²) in [7, 11) is 0. The van der Waals surface area contributed by atoms with E-state index in [1.54, 1.807) is 0 Å². The number of aromatic amines is 1. The lowest BCUT2D eigenvalue weighted by molar-refractivity contribution is 0.988. The Labute approximate surface area is 110 Å². The molecule has 1 aromatic carbocycles. The van der Waals surface area contributed by atoms with Crippen LogP contribution in [0.5, 0.6) is 0 Å². The quantitative estimate of drug-likeness (QED) is 0.497. The van der Waals surface area contributed by atoms with Crippen molar-refractivity contribution in [3.63, 3.8) is 0 Å². The Morgan fingerprint density at radius 3 is 2.69 bits per heavy atom. The number of nitrogens with one attached hydrogen (secondary N) is 1. The second-order valence-corrected chi connectivity index (χ2v) is 5.16. The van der Waals surface area contributed by atoms with Crippen LogP contribution in [0.4, 0.5) is 5.69 Å². The van der Waals surface area contributed by atoms with Gasteiger partial charge < -0.3 is 10.7 Å². The van der Waals surface area contributed by atoms with Gasteiger partial charge in [-0.15, -0.1) is 0 Å². The number of nitrogens with two attached hydrogens (primary N) is 1. The first-order valence-electron chi connectivity index (χ1n) is 4.43. The maximum Gasteiger partial charge on any atom is 0.265 e. The zero-order valence-electron chi connectivity index (χ0n) is 8.11. The van der Waals surface area contributed by atoms with Gasteiger partial charge in [0.05, 0.1) is 6.33 Å². The summed E-state index contributed by atoms with van der Waals surface area (Å²) in [4.78, 5) is 19.0. The van der Waals surface area contributed by atoms with E-state index in [-0.39, 0.29) is 5.56 Å². The second kappa shape index (κ2) is 4.88. The summed E-state index contributed by atoms with van der Waals surface area (Å²) in [5, 5.41) is 0.703. The summed E-state index contributed by atoms with van der Waals surface area (Å²) in [5.41, 5.74) is 6.20. The van der Waals surface area contributed by atoms with Crippen molar-refractivity contribution in [1.29, 1.82) is 0 Å². The molecule has 1 aromatic heterocycles. The first-order valence-corrected chi connectivity index (χ1v) is 6.33. The van der Waals surface area contributed by atoms with Crippen molar-refractivity contribution in [2.45, 2.75) is 9.92 Å². The number of nitrogen functional groups attached to an aromatic ring is 1. The van der Waals surface area contributed by atoms with Crippen LogP contribution in [0.15, 0.2) is 45.3 Å². The lowest BCUT2D eigenvalue weighted by atomic mass is 10.3. The molecule has 2 rings (SSSR count). The Bertz CT molecular complexity index is 553. The molecule has 6 heteroatoms. The average Bonchev–Trinajstić information content (AvgIpc) is 2.28. The van der Waals surface area contributed by atoms with Crippen molar-refractivity contribution in [1.82, 2.24) is 9.97 Å². The SMILES string of the molecule is Nc1ccc(Sc2nc[nH]c(=O)c2I)cc1. The zero-order valence-corrected chi connectivity index (χ0v) is 11.1. The molecule has 1 heterocycles. The minimum absolute atomic E-state index is 0.117. The molecule has 0 amide bonds. The topological polar surface area (TPSA) is 71.8 Å². The van der Waals surface area contributed by atoms with Gasteiger partial charge in [-0.1, -0.05) is 11.8 Å². The number of anilines is 1. The van der Waals surface area contributed by atoms with Gasteiger partial charge in [0, 0.05) is 10.6 Å². The van der Waals surface area contributed by atoms with E-state index in [4.69, 9.17) is 5.73 Å². The van der Waals surface area contributed by atoms with Gasteiger partial charge in [-0.05, 0) is 46.9 Å². The molecule has 4 nitrogen and oxygen atoms in total. The molecule has 0 spiro atoms. The third-order valence-electron chi connectivity index (χ3n) is 1.86. The smallest absolute Gasteiger partial charge is 0.265 e. The van der Waals surface area contributed by atoms with Gasteiger partial charge in [-0.2, -0.15) is 0 Å². The number of hydrogen-bond acceptors (Lipinski definition) is 4. The zero-order chi connectivity index (χ0) is 11.5. The van der Waals surface area contributed by atoms with Crippen LogP contribution in [-0.4, -0.2) is 9.97 Å². The van der Waals surface area contributed by atoms with Crippen molar-refractivity contribution < 1.29 is 0 Å². The van der Waals surface area contributed by atoms with E-state index in [9.17, 15) is 4.79 Å². The summed E-state index contributed by atoms with van der Waals surface area (Å²) >= 11 is 3.43. The summed E-state index contributed by atoms with van der Waals surface area (Å²) in [6.07, 6.45) is 1.41. The van der Waals surface area contributed by atoms with E-state index in [0.29, 0.717) is 8.60 Å². The van der Waals surface area contributed by atoms with E-state index in [0.717, 1.165) is 10.6 Å². The summed E-state index contributed by atoms with van der Waals surface area (Å²) in [6, 6.07) is 7.45. The van der Waals surface area contributed by atoms with Crippen molar-refractivity contribution in [3.8, 4) is 0 Å². The fraction of sp³-hybridized carbons (Fsp3) is 0. The molecule has 0 fully saturated rings. The molecule has 0 unspecified atom stereocenters. The number of halogens is 1. The minimum atomic E-state index is -0.117. The molecular formula is C10H8IN3OS. The Balaban J connectivity index is 2.30. The van der Waals surface area contributed by atoms with Gasteiger partial charge in [0.15, 0.2) is 0 Å². The van der Waals surface area contributed by atoms with Crippen molar-refractivity contribution >= 4 is 40.0 Å². The molecule has 0 aliphatic heterocycles. The Hall–Kier alpha value is -1.02. The number of aromatic nitrogens is 2. The predicted octanol–water partition coefficient (Wildman–Crippen LogP) is 2.11. The molecule has 0 radical (unpaired) electrons. The second-order valence-electron chi connectivity index (χ2n) is 3.02. The summed E-state index contributed by atoms with van der Waals surface area (Å²) in [5.74, 6) is 0. The van der Waals surface area contributed by atoms with Crippen LogP contribution in [0.1, 0.15) is 0 Å². The third-order valence-corrected chi connectivity index (χ3v) is 4.24.